The first kappa shape index (κ1) is 16.3. The van der Waals surface area contributed by atoms with Crippen LogP contribution < -0.4 is 10.6 Å². The molecule has 1 fully saturated rings. The largest absolute Gasteiger partial charge is 0.353 e. The molecule has 4 heteroatoms. The van der Waals surface area contributed by atoms with Crippen LogP contribution in [-0.4, -0.2) is 25.0 Å². The number of halogens is 1. The molecule has 0 saturated carbocycles. The first-order valence-corrected chi connectivity index (χ1v) is 8.20. The summed E-state index contributed by atoms with van der Waals surface area (Å²) in [5.41, 5.74) is 0.840. The van der Waals surface area contributed by atoms with Crippen molar-refractivity contribution < 1.29 is 4.79 Å². The van der Waals surface area contributed by atoms with E-state index in [4.69, 9.17) is 11.6 Å². The van der Waals surface area contributed by atoms with Crippen LogP contribution >= 0.6 is 11.6 Å². The van der Waals surface area contributed by atoms with E-state index >= 15 is 0 Å². The summed E-state index contributed by atoms with van der Waals surface area (Å²) in [5, 5.41) is 7.30. The number of benzene rings is 1. The zero-order valence-corrected chi connectivity index (χ0v) is 13.7. The van der Waals surface area contributed by atoms with Crippen LogP contribution in [0.4, 0.5) is 0 Å². The Hall–Kier alpha value is -1.06. The third-order valence-corrected chi connectivity index (χ3v) is 4.86. The van der Waals surface area contributed by atoms with E-state index < -0.39 is 0 Å². The van der Waals surface area contributed by atoms with E-state index in [9.17, 15) is 4.79 Å². The lowest BCUT2D eigenvalue weighted by atomic mass is 9.77. The highest BCUT2D eigenvalue weighted by molar-refractivity contribution is 6.31. The number of hydrogen-bond acceptors (Lipinski definition) is 2. The molecule has 1 heterocycles. The molecule has 21 heavy (non-hydrogen) atoms. The summed E-state index contributed by atoms with van der Waals surface area (Å²) in [6, 6.07) is 7.90. The molecule has 2 atom stereocenters. The molecule has 0 aromatic heterocycles. The topological polar surface area (TPSA) is 41.1 Å². The number of hydrogen-bond donors (Lipinski definition) is 2. The summed E-state index contributed by atoms with van der Waals surface area (Å²) < 4.78 is 0. The van der Waals surface area contributed by atoms with Crippen LogP contribution in [-0.2, 0) is 11.2 Å². The van der Waals surface area contributed by atoms with Gasteiger partial charge in [-0.15, -0.1) is 0 Å². The molecule has 1 saturated heterocycles. The highest BCUT2D eigenvalue weighted by Crippen LogP contribution is 2.30. The van der Waals surface area contributed by atoms with Crippen molar-refractivity contribution in [1.82, 2.24) is 10.6 Å². The maximum Gasteiger partial charge on any atom is 0.227 e. The first-order chi connectivity index (χ1) is 10.1. The van der Waals surface area contributed by atoms with E-state index in [2.05, 4.69) is 17.6 Å². The van der Waals surface area contributed by atoms with Gasteiger partial charge in [0.15, 0.2) is 0 Å². The number of carbonyl (C=O) groups excluding carboxylic acids is 1. The highest BCUT2D eigenvalue weighted by atomic mass is 35.5. The molecule has 3 nitrogen and oxygen atoms in total. The summed E-state index contributed by atoms with van der Waals surface area (Å²) in [6.45, 7) is 5.95. The van der Waals surface area contributed by atoms with Crippen LogP contribution in [0.5, 0.6) is 0 Å². The molecule has 1 aliphatic heterocycles. The van der Waals surface area contributed by atoms with Gasteiger partial charge >= 0.3 is 0 Å². The molecule has 0 radical (unpaired) electrons. The third kappa shape index (κ3) is 3.98. The normalized spacial score (nSPS) is 23.6. The summed E-state index contributed by atoms with van der Waals surface area (Å²) in [7, 11) is 0. The van der Waals surface area contributed by atoms with Crippen molar-refractivity contribution in [2.45, 2.75) is 45.6 Å². The van der Waals surface area contributed by atoms with E-state index in [1.807, 2.05) is 31.2 Å². The minimum atomic E-state index is -0.243. The second kappa shape index (κ2) is 7.28. The molecule has 2 N–H and O–H groups in total. The predicted octanol–water partition coefficient (Wildman–Crippen LogP) is 3.17. The fourth-order valence-electron chi connectivity index (χ4n) is 3.05. The van der Waals surface area contributed by atoms with E-state index in [1.54, 1.807) is 0 Å². The lowest BCUT2D eigenvalue weighted by Gasteiger charge is -2.36. The van der Waals surface area contributed by atoms with Gasteiger partial charge in [-0.05, 0) is 50.8 Å². The van der Waals surface area contributed by atoms with Gasteiger partial charge in [0.1, 0.15) is 0 Å². The smallest absolute Gasteiger partial charge is 0.227 e. The van der Waals surface area contributed by atoms with Crippen molar-refractivity contribution in [1.29, 1.82) is 0 Å². The van der Waals surface area contributed by atoms with E-state index in [1.165, 1.54) is 0 Å². The lowest BCUT2D eigenvalue weighted by molar-refractivity contribution is -0.133. The Morgan fingerprint density at radius 1 is 1.48 bits per heavy atom. The van der Waals surface area contributed by atoms with Gasteiger partial charge in [-0.3, -0.25) is 4.79 Å². The average molecular weight is 309 g/mol. The summed E-state index contributed by atoms with van der Waals surface area (Å²) in [4.78, 5) is 12.7. The van der Waals surface area contributed by atoms with Crippen molar-refractivity contribution in [3.63, 3.8) is 0 Å². The van der Waals surface area contributed by atoms with Crippen molar-refractivity contribution in [2.24, 2.45) is 5.41 Å². The number of carbonyl (C=O) groups is 1. The van der Waals surface area contributed by atoms with Crippen molar-refractivity contribution >= 4 is 17.5 Å². The molecular weight excluding hydrogens is 284 g/mol. The Balaban J connectivity index is 1.97. The fourth-order valence-corrected chi connectivity index (χ4v) is 3.26. The zero-order chi connectivity index (χ0) is 15.3. The maximum atomic E-state index is 12.7. The van der Waals surface area contributed by atoms with Gasteiger partial charge in [-0.2, -0.15) is 0 Å². The number of amides is 1. The lowest BCUT2D eigenvalue weighted by Crippen LogP contribution is -2.52. The number of rotatable bonds is 5. The van der Waals surface area contributed by atoms with Gasteiger partial charge in [-0.25, -0.2) is 0 Å². The molecule has 2 unspecified atom stereocenters. The molecule has 0 spiro atoms. The monoisotopic (exact) mass is 308 g/mol. The van der Waals surface area contributed by atoms with Gasteiger partial charge in [-0.1, -0.05) is 36.7 Å². The highest BCUT2D eigenvalue weighted by Gasteiger charge is 2.38. The van der Waals surface area contributed by atoms with Crippen molar-refractivity contribution in [3.8, 4) is 0 Å². The Bertz CT molecular complexity index is 483. The van der Waals surface area contributed by atoms with Crippen LogP contribution in [0.25, 0.3) is 0 Å². The molecule has 1 aliphatic rings. The van der Waals surface area contributed by atoms with Gasteiger partial charge in [0.05, 0.1) is 5.41 Å². The maximum absolute atomic E-state index is 12.7. The van der Waals surface area contributed by atoms with E-state index in [-0.39, 0.29) is 17.4 Å². The minimum Gasteiger partial charge on any atom is -0.353 e. The van der Waals surface area contributed by atoms with E-state index in [0.717, 1.165) is 49.4 Å². The molecule has 1 aromatic rings. The predicted molar refractivity (Wildman–Crippen MR) is 87.6 cm³/mol. The Labute approximate surface area is 132 Å². The van der Waals surface area contributed by atoms with Crippen LogP contribution in [0.1, 0.15) is 38.7 Å². The standard InChI is InChI=1S/C17H25ClN2O/c1-3-17(9-6-10-19-12-17)16(21)20-13(2)11-14-7-4-5-8-15(14)18/h4-5,7-8,13,19H,3,6,9-12H2,1-2H3,(H,20,21). The minimum absolute atomic E-state index is 0.0859. The second-order valence-electron chi connectivity index (χ2n) is 6.08. The van der Waals surface area contributed by atoms with Crippen molar-refractivity contribution in [2.75, 3.05) is 13.1 Å². The average Bonchev–Trinajstić information content (AvgIpc) is 2.50. The second-order valence-corrected chi connectivity index (χ2v) is 6.49. The molecule has 1 amide bonds. The molecule has 2 rings (SSSR count). The van der Waals surface area contributed by atoms with Gasteiger partial charge in [0.25, 0.3) is 0 Å². The summed E-state index contributed by atoms with van der Waals surface area (Å²) >= 11 is 6.19. The zero-order valence-electron chi connectivity index (χ0n) is 12.9. The summed E-state index contributed by atoms with van der Waals surface area (Å²) in [6.07, 6.45) is 3.69. The van der Waals surface area contributed by atoms with Crippen LogP contribution in [0.15, 0.2) is 24.3 Å². The third-order valence-electron chi connectivity index (χ3n) is 4.49. The van der Waals surface area contributed by atoms with Gasteiger partial charge < -0.3 is 10.6 Å². The molecule has 0 bridgehead atoms. The molecular formula is C17H25ClN2O. The number of nitrogens with one attached hydrogen (secondary N) is 2. The van der Waals surface area contributed by atoms with Gasteiger partial charge in [0, 0.05) is 17.6 Å². The summed E-state index contributed by atoms with van der Waals surface area (Å²) in [5.74, 6) is 0.178. The Kier molecular flexibility index (Phi) is 5.65. The van der Waals surface area contributed by atoms with Crippen LogP contribution in [0, 0.1) is 5.41 Å². The number of piperidine rings is 1. The van der Waals surface area contributed by atoms with Crippen molar-refractivity contribution in [3.05, 3.63) is 34.9 Å². The van der Waals surface area contributed by atoms with Gasteiger partial charge in [0.2, 0.25) is 5.91 Å². The molecule has 1 aromatic carbocycles. The Morgan fingerprint density at radius 2 is 2.24 bits per heavy atom. The molecule has 0 aliphatic carbocycles. The fraction of sp³-hybridized carbons (Fsp3) is 0.588. The van der Waals surface area contributed by atoms with Crippen LogP contribution in [0.3, 0.4) is 0 Å². The first-order valence-electron chi connectivity index (χ1n) is 7.82. The van der Waals surface area contributed by atoms with Crippen LogP contribution in [0.2, 0.25) is 5.02 Å². The molecule has 116 valence electrons. The SMILES string of the molecule is CCC1(C(=O)NC(C)Cc2ccccc2Cl)CCCNC1. The van der Waals surface area contributed by atoms with E-state index in [0.29, 0.717) is 0 Å². The quantitative estimate of drug-likeness (QED) is 0.877. The Morgan fingerprint density at radius 3 is 2.86 bits per heavy atom.